The van der Waals surface area contributed by atoms with E-state index in [-0.39, 0.29) is 5.91 Å². The van der Waals surface area contributed by atoms with Crippen molar-refractivity contribution in [2.24, 2.45) is 5.73 Å². The Labute approximate surface area is 112 Å². The molecule has 0 saturated carbocycles. The quantitative estimate of drug-likeness (QED) is 0.885. The molecule has 1 aromatic rings. The van der Waals surface area contributed by atoms with Crippen LogP contribution < -0.4 is 10.6 Å². The van der Waals surface area contributed by atoms with E-state index in [0.29, 0.717) is 6.42 Å². The Morgan fingerprint density at radius 3 is 2.61 bits per heavy atom. The van der Waals surface area contributed by atoms with E-state index >= 15 is 0 Å². The fraction of sp³-hybridized carbons (Fsp3) is 0.667. The molecule has 0 aliphatic carbocycles. The maximum Gasteiger partial charge on any atom is 0.224 e. The van der Waals surface area contributed by atoms with Crippen LogP contribution in [0.1, 0.15) is 20.3 Å². The van der Waals surface area contributed by atoms with E-state index in [0.717, 1.165) is 31.3 Å². The van der Waals surface area contributed by atoms with Gasteiger partial charge in [0.25, 0.3) is 0 Å². The molecule has 18 heavy (non-hydrogen) atoms. The van der Waals surface area contributed by atoms with Gasteiger partial charge in [-0.3, -0.25) is 4.79 Å². The molecule has 1 aliphatic heterocycles. The van der Waals surface area contributed by atoms with Crippen molar-refractivity contribution < 1.29 is 4.79 Å². The smallest absolute Gasteiger partial charge is 0.224 e. The summed E-state index contributed by atoms with van der Waals surface area (Å²) in [4.78, 5) is 20.4. The zero-order valence-corrected chi connectivity index (χ0v) is 11.7. The molecule has 0 bridgehead atoms. The molecule has 0 aromatic carbocycles. The Kier molecular flexibility index (Phi) is 3.87. The predicted octanol–water partition coefficient (Wildman–Crippen LogP) is 0.919. The number of amides is 1. The molecule has 2 N–H and O–H groups in total. The van der Waals surface area contributed by atoms with Crippen molar-refractivity contribution in [1.82, 2.24) is 9.88 Å². The number of thiazole rings is 1. The molecule has 0 atom stereocenters. The van der Waals surface area contributed by atoms with Crippen LogP contribution in [0.2, 0.25) is 0 Å². The summed E-state index contributed by atoms with van der Waals surface area (Å²) >= 11 is 1.64. The molecule has 0 radical (unpaired) electrons. The van der Waals surface area contributed by atoms with Gasteiger partial charge in [-0.2, -0.15) is 0 Å². The van der Waals surface area contributed by atoms with Gasteiger partial charge in [-0.25, -0.2) is 4.98 Å². The highest BCUT2D eigenvalue weighted by molar-refractivity contribution is 7.13. The number of hydrogen-bond donors (Lipinski definition) is 1. The van der Waals surface area contributed by atoms with Crippen LogP contribution in [-0.4, -0.2) is 47.5 Å². The summed E-state index contributed by atoms with van der Waals surface area (Å²) < 4.78 is 0. The highest BCUT2D eigenvalue weighted by Crippen LogP contribution is 2.19. The second-order valence-corrected chi connectivity index (χ2v) is 6.22. The Morgan fingerprint density at radius 2 is 2.11 bits per heavy atom. The van der Waals surface area contributed by atoms with E-state index in [1.807, 2.05) is 30.3 Å². The average Bonchev–Trinajstić information content (AvgIpc) is 2.80. The lowest BCUT2D eigenvalue weighted by Crippen LogP contribution is -2.50. The number of piperazine rings is 1. The summed E-state index contributed by atoms with van der Waals surface area (Å²) in [5, 5.41) is 3.02. The van der Waals surface area contributed by atoms with Crippen molar-refractivity contribution in [3.8, 4) is 0 Å². The van der Waals surface area contributed by atoms with Crippen molar-refractivity contribution in [3.63, 3.8) is 0 Å². The third kappa shape index (κ3) is 3.43. The first-order valence-corrected chi connectivity index (χ1v) is 7.05. The predicted molar refractivity (Wildman–Crippen MR) is 73.8 cm³/mol. The molecule has 100 valence electrons. The lowest BCUT2D eigenvalue weighted by Gasteiger charge is -2.35. The highest BCUT2D eigenvalue weighted by atomic mass is 32.1. The molecule has 1 aromatic heterocycles. The zero-order valence-electron chi connectivity index (χ0n) is 10.9. The fourth-order valence-corrected chi connectivity index (χ4v) is 2.72. The maximum absolute atomic E-state index is 12.0. The van der Waals surface area contributed by atoms with Gasteiger partial charge in [0.1, 0.15) is 0 Å². The number of carbonyl (C=O) groups excluding carboxylic acids is 1. The first-order valence-electron chi connectivity index (χ1n) is 6.17. The highest BCUT2D eigenvalue weighted by Gasteiger charge is 2.25. The number of nitrogens with zero attached hydrogens (tertiary/aromatic N) is 3. The minimum atomic E-state index is -0.427. The molecule has 1 aliphatic rings. The normalized spacial score (nSPS) is 17.1. The lowest BCUT2D eigenvalue weighted by molar-refractivity contribution is -0.132. The van der Waals surface area contributed by atoms with Gasteiger partial charge < -0.3 is 15.5 Å². The minimum absolute atomic E-state index is 0.154. The number of nitrogens with two attached hydrogens (primary N) is 1. The van der Waals surface area contributed by atoms with Crippen LogP contribution in [0.25, 0.3) is 0 Å². The second kappa shape index (κ2) is 5.24. The van der Waals surface area contributed by atoms with Crippen LogP contribution >= 0.6 is 11.3 Å². The van der Waals surface area contributed by atoms with E-state index in [9.17, 15) is 4.79 Å². The number of hydrogen-bond acceptors (Lipinski definition) is 5. The summed E-state index contributed by atoms with van der Waals surface area (Å²) in [6.45, 7) is 6.99. The molecule has 1 saturated heterocycles. The number of carbonyl (C=O) groups is 1. The SMILES string of the molecule is CC(C)(N)CC(=O)N1CCN(c2nccs2)CC1. The van der Waals surface area contributed by atoms with E-state index < -0.39 is 5.54 Å². The largest absolute Gasteiger partial charge is 0.345 e. The Balaban J connectivity index is 1.85. The topological polar surface area (TPSA) is 62.5 Å². The first-order chi connectivity index (χ1) is 8.46. The standard InChI is InChI=1S/C12H20N4OS/c1-12(2,13)9-10(17)15-4-6-16(7-5-15)11-14-3-8-18-11/h3,8H,4-7,9,13H2,1-2H3. The van der Waals surface area contributed by atoms with Crippen LogP contribution in [0, 0.1) is 0 Å². The van der Waals surface area contributed by atoms with Crippen LogP contribution in [-0.2, 0) is 4.79 Å². The van der Waals surface area contributed by atoms with Gasteiger partial charge >= 0.3 is 0 Å². The van der Waals surface area contributed by atoms with E-state index in [4.69, 9.17) is 5.73 Å². The van der Waals surface area contributed by atoms with Crippen LogP contribution in [0.15, 0.2) is 11.6 Å². The van der Waals surface area contributed by atoms with Gasteiger partial charge in [-0.1, -0.05) is 0 Å². The van der Waals surface area contributed by atoms with Gasteiger partial charge in [0, 0.05) is 49.7 Å². The van der Waals surface area contributed by atoms with E-state index in [2.05, 4.69) is 9.88 Å². The van der Waals surface area contributed by atoms with Gasteiger partial charge in [0.05, 0.1) is 0 Å². The third-order valence-electron chi connectivity index (χ3n) is 2.93. The van der Waals surface area contributed by atoms with Crippen molar-refractivity contribution in [2.45, 2.75) is 25.8 Å². The molecule has 1 fully saturated rings. The molecular weight excluding hydrogens is 248 g/mol. The Bertz CT molecular complexity index is 391. The summed E-state index contributed by atoms with van der Waals surface area (Å²) in [7, 11) is 0. The summed E-state index contributed by atoms with van der Waals surface area (Å²) in [6, 6.07) is 0. The molecule has 0 spiro atoms. The van der Waals surface area contributed by atoms with Crippen molar-refractivity contribution in [3.05, 3.63) is 11.6 Å². The molecule has 2 rings (SSSR count). The first kappa shape index (κ1) is 13.3. The maximum atomic E-state index is 12.0. The number of anilines is 1. The lowest BCUT2D eigenvalue weighted by atomic mass is 10.0. The fourth-order valence-electron chi connectivity index (χ4n) is 2.02. The Hall–Kier alpha value is -1.14. The van der Waals surface area contributed by atoms with Crippen molar-refractivity contribution in [1.29, 1.82) is 0 Å². The summed E-state index contributed by atoms with van der Waals surface area (Å²) in [6.07, 6.45) is 2.22. The van der Waals surface area contributed by atoms with Crippen LogP contribution in [0.5, 0.6) is 0 Å². The van der Waals surface area contributed by atoms with Crippen molar-refractivity contribution >= 4 is 22.4 Å². The molecule has 6 heteroatoms. The second-order valence-electron chi connectivity index (χ2n) is 5.35. The number of rotatable bonds is 3. The van der Waals surface area contributed by atoms with E-state index in [1.165, 1.54) is 0 Å². The molecule has 2 heterocycles. The number of aromatic nitrogens is 1. The third-order valence-corrected chi connectivity index (χ3v) is 3.76. The van der Waals surface area contributed by atoms with Crippen molar-refractivity contribution in [2.75, 3.05) is 31.1 Å². The molecule has 0 unspecified atom stereocenters. The molecule has 5 nitrogen and oxygen atoms in total. The van der Waals surface area contributed by atoms with Gasteiger partial charge in [0.15, 0.2) is 5.13 Å². The van der Waals surface area contributed by atoms with Gasteiger partial charge in [-0.05, 0) is 13.8 Å². The molecular formula is C12H20N4OS. The van der Waals surface area contributed by atoms with Gasteiger partial charge in [-0.15, -0.1) is 11.3 Å². The van der Waals surface area contributed by atoms with Crippen LogP contribution in [0.3, 0.4) is 0 Å². The van der Waals surface area contributed by atoms with Crippen LogP contribution in [0.4, 0.5) is 5.13 Å². The minimum Gasteiger partial charge on any atom is -0.345 e. The average molecular weight is 268 g/mol. The van der Waals surface area contributed by atoms with E-state index in [1.54, 1.807) is 11.3 Å². The summed E-state index contributed by atoms with van der Waals surface area (Å²) in [5.41, 5.74) is 5.45. The molecule has 1 amide bonds. The zero-order chi connectivity index (χ0) is 13.2. The van der Waals surface area contributed by atoms with Gasteiger partial charge in [0.2, 0.25) is 5.91 Å². The Morgan fingerprint density at radius 1 is 1.44 bits per heavy atom. The summed E-state index contributed by atoms with van der Waals surface area (Å²) in [5.74, 6) is 0.154. The monoisotopic (exact) mass is 268 g/mol.